The maximum absolute atomic E-state index is 6.30. The zero-order valence-corrected chi connectivity index (χ0v) is 13.3. The summed E-state index contributed by atoms with van der Waals surface area (Å²) >= 11 is 0. The topological polar surface area (TPSA) is 18.5 Å². The molecule has 1 unspecified atom stereocenters. The lowest BCUT2D eigenvalue weighted by atomic mass is 9.98. The Morgan fingerprint density at radius 2 is 0.750 bits per heavy atom. The predicted molar refractivity (Wildman–Crippen MR) is 83.9 cm³/mol. The van der Waals surface area contributed by atoms with Crippen LogP contribution in [0.4, 0.5) is 0 Å². The van der Waals surface area contributed by atoms with Gasteiger partial charge in [-0.15, -0.1) is 0 Å². The Kier molecular flexibility index (Phi) is 7.97. The van der Waals surface area contributed by atoms with Crippen molar-refractivity contribution in [2.45, 2.75) is 102 Å². The molecule has 0 radical (unpaired) electrons. The highest BCUT2D eigenvalue weighted by atomic mass is 16.7. The van der Waals surface area contributed by atoms with Gasteiger partial charge in [0, 0.05) is 12.8 Å². The first-order chi connectivity index (χ1) is 9.91. The van der Waals surface area contributed by atoms with Crippen LogP contribution in [0.5, 0.6) is 0 Å². The summed E-state index contributed by atoms with van der Waals surface area (Å²) in [4.78, 5) is 0. The average molecular weight is 282 g/mol. The summed E-state index contributed by atoms with van der Waals surface area (Å²) in [5, 5.41) is 0. The van der Waals surface area contributed by atoms with E-state index in [4.69, 9.17) is 9.47 Å². The van der Waals surface area contributed by atoms with Crippen LogP contribution in [0.25, 0.3) is 0 Å². The Bertz CT molecular complexity index is 216. The zero-order valence-electron chi connectivity index (χ0n) is 13.3. The van der Waals surface area contributed by atoms with Crippen LogP contribution in [-0.2, 0) is 9.47 Å². The summed E-state index contributed by atoms with van der Waals surface area (Å²) in [7, 11) is 0. The standard InChI is InChI=1S/C18H34O2/c1-2-4-6-10-14-18(19-16-12-8-5-3-1)15-11-7-9-13-17-20-18/h1-17H2. The predicted octanol–water partition coefficient (Wildman–Crippen LogP) is 5.59. The molecule has 0 saturated carbocycles. The zero-order chi connectivity index (χ0) is 13.9. The second-order valence-corrected chi connectivity index (χ2v) is 6.70. The highest BCUT2D eigenvalue weighted by molar-refractivity contribution is 4.73. The fraction of sp³-hybridized carbons (Fsp3) is 1.00. The van der Waals surface area contributed by atoms with Crippen molar-refractivity contribution in [3.05, 3.63) is 0 Å². The van der Waals surface area contributed by atoms with Gasteiger partial charge >= 0.3 is 0 Å². The molecule has 0 bridgehead atoms. The van der Waals surface area contributed by atoms with Crippen LogP contribution in [0.2, 0.25) is 0 Å². The third-order valence-corrected chi connectivity index (χ3v) is 4.88. The third-order valence-electron chi connectivity index (χ3n) is 4.88. The van der Waals surface area contributed by atoms with Gasteiger partial charge in [-0.05, 0) is 25.7 Å². The molecule has 0 aromatic rings. The molecule has 2 rings (SSSR count). The molecule has 2 saturated heterocycles. The molecule has 2 heterocycles. The van der Waals surface area contributed by atoms with E-state index in [-0.39, 0.29) is 5.79 Å². The van der Waals surface area contributed by atoms with E-state index in [1.807, 2.05) is 0 Å². The van der Waals surface area contributed by atoms with Crippen molar-refractivity contribution in [1.29, 1.82) is 0 Å². The van der Waals surface area contributed by atoms with Gasteiger partial charge in [0.1, 0.15) is 0 Å². The van der Waals surface area contributed by atoms with Crippen molar-refractivity contribution in [3.63, 3.8) is 0 Å². The van der Waals surface area contributed by atoms with Gasteiger partial charge in [-0.2, -0.15) is 0 Å². The summed E-state index contributed by atoms with van der Waals surface area (Å²) in [6.07, 6.45) is 19.7. The van der Waals surface area contributed by atoms with Crippen molar-refractivity contribution in [1.82, 2.24) is 0 Å². The van der Waals surface area contributed by atoms with Crippen LogP contribution in [0.15, 0.2) is 0 Å². The molecule has 2 nitrogen and oxygen atoms in total. The molecule has 0 amide bonds. The molecule has 118 valence electrons. The van der Waals surface area contributed by atoms with Gasteiger partial charge < -0.3 is 9.47 Å². The first-order valence-corrected chi connectivity index (χ1v) is 9.19. The van der Waals surface area contributed by atoms with Crippen LogP contribution in [0, 0.1) is 0 Å². The smallest absolute Gasteiger partial charge is 0.168 e. The van der Waals surface area contributed by atoms with Gasteiger partial charge in [-0.3, -0.25) is 0 Å². The first kappa shape index (κ1) is 16.3. The Balaban J connectivity index is 1.86. The van der Waals surface area contributed by atoms with Gasteiger partial charge in [0.2, 0.25) is 0 Å². The molecule has 1 spiro atoms. The second kappa shape index (κ2) is 9.78. The van der Waals surface area contributed by atoms with Crippen molar-refractivity contribution < 1.29 is 9.47 Å². The quantitative estimate of drug-likeness (QED) is 0.576. The van der Waals surface area contributed by atoms with Gasteiger partial charge in [-0.1, -0.05) is 57.8 Å². The number of hydrogen-bond donors (Lipinski definition) is 0. The molecule has 2 heteroatoms. The fourth-order valence-corrected chi connectivity index (χ4v) is 3.56. The van der Waals surface area contributed by atoms with E-state index in [0.29, 0.717) is 0 Å². The maximum Gasteiger partial charge on any atom is 0.168 e. The summed E-state index contributed by atoms with van der Waals surface area (Å²) in [5.41, 5.74) is 0. The highest BCUT2D eigenvalue weighted by Crippen LogP contribution is 2.31. The Hall–Kier alpha value is -0.0800. The molecular formula is C18H34O2. The van der Waals surface area contributed by atoms with E-state index >= 15 is 0 Å². The van der Waals surface area contributed by atoms with Crippen LogP contribution >= 0.6 is 0 Å². The Labute approximate surface area is 125 Å². The maximum atomic E-state index is 6.30. The number of hydrogen-bond acceptors (Lipinski definition) is 2. The van der Waals surface area contributed by atoms with Gasteiger partial charge in [0.15, 0.2) is 5.79 Å². The summed E-state index contributed by atoms with van der Waals surface area (Å²) in [5.74, 6) is -0.228. The SMILES string of the molecule is C1CCCCCOC2(CCCCC1)CCCCCCO2. The van der Waals surface area contributed by atoms with Crippen molar-refractivity contribution >= 4 is 0 Å². The number of rotatable bonds is 0. The lowest BCUT2D eigenvalue weighted by Crippen LogP contribution is -2.37. The van der Waals surface area contributed by atoms with Crippen LogP contribution in [0.3, 0.4) is 0 Å². The van der Waals surface area contributed by atoms with E-state index in [9.17, 15) is 0 Å². The minimum atomic E-state index is -0.228. The van der Waals surface area contributed by atoms with Crippen LogP contribution in [0.1, 0.15) is 96.3 Å². The third kappa shape index (κ3) is 6.13. The van der Waals surface area contributed by atoms with E-state index in [1.165, 1.54) is 83.5 Å². The molecule has 0 aromatic heterocycles. The van der Waals surface area contributed by atoms with Crippen LogP contribution < -0.4 is 0 Å². The molecule has 2 fully saturated rings. The Morgan fingerprint density at radius 1 is 0.400 bits per heavy atom. The summed E-state index contributed by atoms with van der Waals surface area (Å²) < 4.78 is 12.5. The molecular weight excluding hydrogens is 248 g/mol. The molecule has 2 aliphatic rings. The molecule has 20 heavy (non-hydrogen) atoms. The molecule has 0 aliphatic carbocycles. The van der Waals surface area contributed by atoms with Crippen molar-refractivity contribution in [2.24, 2.45) is 0 Å². The monoisotopic (exact) mass is 282 g/mol. The second-order valence-electron chi connectivity index (χ2n) is 6.70. The minimum Gasteiger partial charge on any atom is -0.350 e. The molecule has 1 atom stereocenters. The largest absolute Gasteiger partial charge is 0.350 e. The fourth-order valence-electron chi connectivity index (χ4n) is 3.56. The van der Waals surface area contributed by atoms with E-state index in [1.54, 1.807) is 0 Å². The normalized spacial score (nSPS) is 32.4. The lowest BCUT2D eigenvalue weighted by Gasteiger charge is -2.35. The van der Waals surface area contributed by atoms with Crippen molar-refractivity contribution in [3.8, 4) is 0 Å². The van der Waals surface area contributed by atoms with Gasteiger partial charge in [0.25, 0.3) is 0 Å². The molecule has 0 aromatic carbocycles. The highest BCUT2D eigenvalue weighted by Gasteiger charge is 2.31. The van der Waals surface area contributed by atoms with E-state index < -0.39 is 0 Å². The van der Waals surface area contributed by atoms with Gasteiger partial charge in [0.05, 0.1) is 13.2 Å². The minimum absolute atomic E-state index is 0.228. The first-order valence-electron chi connectivity index (χ1n) is 9.19. The summed E-state index contributed by atoms with van der Waals surface area (Å²) in [6, 6.07) is 0. The van der Waals surface area contributed by atoms with Gasteiger partial charge in [-0.25, -0.2) is 0 Å². The molecule has 0 N–H and O–H groups in total. The average Bonchev–Trinajstić information content (AvgIpc) is 2.45. The van der Waals surface area contributed by atoms with Crippen molar-refractivity contribution in [2.75, 3.05) is 13.2 Å². The molecule has 2 aliphatic heterocycles. The van der Waals surface area contributed by atoms with E-state index in [0.717, 1.165) is 26.1 Å². The van der Waals surface area contributed by atoms with E-state index in [2.05, 4.69) is 0 Å². The number of ether oxygens (including phenoxy) is 2. The lowest BCUT2D eigenvalue weighted by molar-refractivity contribution is -0.249. The Morgan fingerprint density at radius 3 is 1.20 bits per heavy atom. The van der Waals surface area contributed by atoms with Crippen LogP contribution in [-0.4, -0.2) is 19.0 Å². The summed E-state index contributed by atoms with van der Waals surface area (Å²) in [6.45, 7) is 1.81.